The third kappa shape index (κ3) is 35.1. The maximum atomic E-state index is 12.4. The van der Waals surface area contributed by atoms with Crippen LogP contribution in [0.3, 0.4) is 0 Å². The van der Waals surface area contributed by atoms with E-state index >= 15 is 0 Å². The summed E-state index contributed by atoms with van der Waals surface area (Å²) in [6, 6.07) is 0. The molecule has 1 aliphatic rings. The number of nitrogens with one attached hydrogen (secondary N) is 1. The zero-order valence-electron chi connectivity index (χ0n) is 35.9. The lowest BCUT2D eigenvalue weighted by Crippen LogP contribution is -2.33. The van der Waals surface area contributed by atoms with E-state index in [-0.39, 0.29) is 24.7 Å². The Morgan fingerprint density at radius 2 is 1.25 bits per heavy atom. The van der Waals surface area contributed by atoms with Gasteiger partial charge in [0.25, 0.3) is 0 Å². The van der Waals surface area contributed by atoms with E-state index in [0.29, 0.717) is 6.42 Å². The third-order valence-corrected chi connectivity index (χ3v) is 10.7. The van der Waals surface area contributed by atoms with Crippen molar-refractivity contribution >= 4 is 22.1 Å². The molecule has 0 radical (unpaired) electrons. The molecule has 1 amide bonds. The predicted molar refractivity (Wildman–Crippen MR) is 230 cm³/mol. The molecular formula is C44H86N3O7S+. The number of amidine groups is 1. The number of nitrogens with zero attached hydrogens (tertiary/aromatic N) is 2. The Labute approximate surface area is 338 Å². The molecule has 0 aliphatic carbocycles. The molecule has 0 fully saturated rings. The van der Waals surface area contributed by atoms with Crippen LogP contribution in [0.4, 0.5) is 0 Å². The van der Waals surface area contributed by atoms with Gasteiger partial charge in [-0.25, -0.2) is 4.18 Å². The second-order valence-electron chi connectivity index (χ2n) is 15.2. The molecule has 55 heavy (non-hydrogen) atoms. The van der Waals surface area contributed by atoms with Gasteiger partial charge in [0.1, 0.15) is 19.6 Å². The van der Waals surface area contributed by atoms with Crippen molar-refractivity contribution in [1.82, 2.24) is 10.2 Å². The molecule has 1 rings (SSSR count). The van der Waals surface area contributed by atoms with Crippen LogP contribution < -0.4 is 5.32 Å². The molecule has 0 spiro atoms. The first-order valence-corrected chi connectivity index (χ1v) is 23.8. The molecule has 0 aromatic heterocycles. The Kier molecular flexibility index (Phi) is 36.5. The number of rotatable bonds is 36. The second kappa shape index (κ2) is 37.8. The van der Waals surface area contributed by atoms with Gasteiger partial charge in [-0.15, -0.1) is 0 Å². The first kappa shape index (κ1) is 53.2. The summed E-state index contributed by atoms with van der Waals surface area (Å²) in [7, 11) is -4.17. The van der Waals surface area contributed by atoms with Crippen LogP contribution in [0.2, 0.25) is 0 Å². The maximum Gasteiger partial charge on any atom is 0.397 e. The van der Waals surface area contributed by atoms with Crippen LogP contribution in [0.1, 0.15) is 195 Å². The number of carbonyl (C=O) groups is 1. The minimum Gasteiger partial charge on any atom is -0.393 e. The lowest BCUT2D eigenvalue weighted by Gasteiger charge is -2.12. The second-order valence-corrected chi connectivity index (χ2v) is 16.3. The third-order valence-electron chi connectivity index (χ3n) is 10.2. The quantitative estimate of drug-likeness (QED) is 0.0213. The van der Waals surface area contributed by atoms with E-state index in [9.17, 15) is 23.4 Å². The van der Waals surface area contributed by atoms with E-state index in [4.69, 9.17) is 4.55 Å². The first-order valence-electron chi connectivity index (χ1n) is 22.5. The molecule has 11 heteroatoms. The minimum absolute atomic E-state index is 0.0289. The standard InChI is InChI=1S/C42H79N3O3.C2H6O4S/c1-4-7-9-23-29-39(46)31-25-19-15-11-13-17-21-27-33-41(48)43-35-36-45-38-37-44(6-3)42(45)34-28-22-18-14-12-16-20-26-32-40(47)30-24-10-8-5-2;1-2-6-7(3,4)5/h19-20,25-26,39-40,46-47H,4-18,21-24,27-38H2,1-3H3;2H2,1H3,(H,3,4,5)/p+1/b25-19-,26-20-;. The Balaban J connectivity index is 0.00000377. The summed E-state index contributed by atoms with van der Waals surface area (Å²) in [5.41, 5.74) is 0. The molecule has 0 aromatic carbocycles. The number of likely N-dealkylation sites (N-methyl/N-ethyl adjacent to an activating group) is 1. The fourth-order valence-corrected chi connectivity index (χ4v) is 7.21. The van der Waals surface area contributed by atoms with Gasteiger partial charge < -0.3 is 15.5 Å². The highest BCUT2D eigenvalue weighted by Crippen LogP contribution is 2.14. The van der Waals surface area contributed by atoms with Crippen molar-refractivity contribution in [2.45, 2.75) is 207 Å². The molecule has 0 aromatic rings. The molecule has 2 unspecified atom stereocenters. The van der Waals surface area contributed by atoms with E-state index in [1.165, 1.54) is 103 Å². The lowest BCUT2D eigenvalue weighted by molar-refractivity contribution is -0.517. The van der Waals surface area contributed by atoms with Crippen molar-refractivity contribution in [3.05, 3.63) is 24.3 Å². The van der Waals surface area contributed by atoms with E-state index in [1.807, 2.05) is 0 Å². The number of aliphatic hydroxyl groups is 2. The number of hydrogen-bond donors (Lipinski definition) is 4. The van der Waals surface area contributed by atoms with Gasteiger partial charge in [-0.3, -0.25) is 18.8 Å². The maximum absolute atomic E-state index is 12.4. The Morgan fingerprint density at radius 3 is 1.75 bits per heavy atom. The summed E-state index contributed by atoms with van der Waals surface area (Å²) >= 11 is 0. The average Bonchev–Trinajstić information content (AvgIpc) is 3.54. The van der Waals surface area contributed by atoms with Gasteiger partial charge >= 0.3 is 10.4 Å². The molecule has 324 valence electrons. The largest absolute Gasteiger partial charge is 0.397 e. The summed E-state index contributed by atoms with van der Waals surface area (Å²) in [4.78, 5) is 15.0. The Bertz CT molecular complexity index is 1100. The van der Waals surface area contributed by atoms with Gasteiger partial charge in [0, 0.05) is 12.8 Å². The van der Waals surface area contributed by atoms with Crippen molar-refractivity contribution in [3.8, 4) is 0 Å². The number of aliphatic hydroxyl groups excluding tert-OH is 2. The fraction of sp³-hybridized carbons (Fsp3) is 0.864. The molecular weight excluding hydrogens is 715 g/mol. The molecule has 0 bridgehead atoms. The molecule has 10 nitrogen and oxygen atoms in total. The van der Waals surface area contributed by atoms with Crippen LogP contribution in [0, 0.1) is 0 Å². The zero-order valence-corrected chi connectivity index (χ0v) is 36.7. The van der Waals surface area contributed by atoms with Crippen molar-refractivity contribution in [2.75, 3.05) is 39.3 Å². The van der Waals surface area contributed by atoms with Crippen LogP contribution in [0.25, 0.3) is 0 Å². The molecule has 0 saturated heterocycles. The highest BCUT2D eigenvalue weighted by atomic mass is 32.3. The van der Waals surface area contributed by atoms with Crippen LogP contribution in [-0.4, -0.2) is 95.9 Å². The molecule has 0 saturated carbocycles. The number of amides is 1. The SMILES string of the molecule is CCCCCCC(O)C/C=C\CCCCCCCC(=O)NCC[N+]1=C(CCCCCCC/C=C\CC(O)CCCCCC)N(CC)CC1.CCOS(=O)(=O)O. The van der Waals surface area contributed by atoms with Gasteiger partial charge in [-0.1, -0.05) is 128 Å². The molecule has 1 heterocycles. The van der Waals surface area contributed by atoms with Crippen molar-refractivity contribution in [3.63, 3.8) is 0 Å². The minimum atomic E-state index is -4.17. The van der Waals surface area contributed by atoms with Crippen molar-refractivity contribution in [1.29, 1.82) is 0 Å². The molecule has 2 atom stereocenters. The molecule has 4 N–H and O–H groups in total. The smallest absolute Gasteiger partial charge is 0.393 e. The summed E-state index contributed by atoms with van der Waals surface area (Å²) in [6.07, 6.45) is 37.9. The first-order chi connectivity index (χ1) is 26.6. The van der Waals surface area contributed by atoms with Gasteiger partial charge in [-0.05, 0) is 78.1 Å². The van der Waals surface area contributed by atoms with Gasteiger partial charge in [0.2, 0.25) is 11.7 Å². The number of allylic oxidation sites excluding steroid dienone is 2. The summed E-state index contributed by atoms with van der Waals surface area (Å²) in [6.45, 7) is 13.0. The van der Waals surface area contributed by atoms with E-state index in [0.717, 1.165) is 103 Å². The van der Waals surface area contributed by atoms with Gasteiger partial charge in [0.05, 0.1) is 31.9 Å². The lowest BCUT2D eigenvalue weighted by atomic mass is 10.1. The van der Waals surface area contributed by atoms with Gasteiger partial charge in [-0.2, -0.15) is 8.42 Å². The van der Waals surface area contributed by atoms with Crippen LogP contribution in [0.15, 0.2) is 24.3 Å². The monoisotopic (exact) mass is 801 g/mol. The summed E-state index contributed by atoms with van der Waals surface area (Å²) in [5, 5.41) is 23.3. The van der Waals surface area contributed by atoms with E-state index in [1.54, 1.807) is 0 Å². The van der Waals surface area contributed by atoms with E-state index < -0.39 is 10.4 Å². The number of carbonyl (C=O) groups excluding carboxylic acids is 1. The van der Waals surface area contributed by atoms with Crippen molar-refractivity contribution in [2.24, 2.45) is 0 Å². The Morgan fingerprint density at radius 1 is 0.745 bits per heavy atom. The van der Waals surface area contributed by atoms with Crippen molar-refractivity contribution < 1.29 is 36.7 Å². The van der Waals surface area contributed by atoms with Crippen LogP contribution >= 0.6 is 0 Å². The predicted octanol–water partition coefficient (Wildman–Crippen LogP) is 9.69. The topological polar surface area (TPSA) is 139 Å². The average molecular weight is 801 g/mol. The van der Waals surface area contributed by atoms with Gasteiger partial charge in [0.15, 0.2) is 0 Å². The van der Waals surface area contributed by atoms with E-state index in [2.05, 4.69) is 64.1 Å². The highest BCUT2D eigenvalue weighted by Gasteiger charge is 2.28. The summed E-state index contributed by atoms with van der Waals surface area (Å²) in [5.74, 6) is 1.68. The van der Waals surface area contributed by atoms with Crippen LogP contribution in [0.5, 0.6) is 0 Å². The number of unbranched alkanes of at least 4 members (excludes halogenated alkanes) is 16. The zero-order chi connectivity index (χ0) is 40.8. The Hall–Kier alpha value is -1.79. The molecule has 1 aliphatic heterocycles. The highest BCUT2D eigenvalue weighted by molar-refractivity contribution is 7.80. The normalized spacial score (nSPS) is 14.6. The van der Waals surface area contributed by atoms with Crippen LogP contribution in [-0.2, 0) is 19.4 Å². The fourth-order valence-electron chi connectivity index (χ4n) is 6.91. The number of hydrogen-bond acceptors (Lipinski definition) is 7. The summed E-state index contributed by atoms with van der Waals surface area (Å²) < 4.78 is 33.2.